The van der Waals surface area contributed by atoms with Crippen LogP contribution in [0.2, 0.25) is 0 Å². The molecule has 1 aromatic carbocycles. The summed E-state index contributed by atoms with van der Waals surface area (Å²) in [6.07, 6.45) is 1.01. The number of carboxylic acid groups (broad SMARTS) is 2. The molecule has 1 aliphatic rings. The Bertz CT molecular complexity index is 983. The lowest BCUT2D eigenvalue weighted by Gasteiger charge is -2.32. The van der Waals surface area contributed by atoms with E-state index in [9.17, 15) is 34.2 Å². The van der Waals surface area contributed by atoms with Gasteiger partial charge in [-0.1, -0.05) is 32.4 Å². The molecule has 37 heavy (non-hydrogen) atoms. The molecule has 3 amide bonds. The van der Waals surface area contributed by atoms with Crippen LogP contribution in [-0.2, 0) is 30.4 Å². The van der Waals surface area contributed by atoms with Crippen LogP contribution in [0.15, 0.2) is 24.3 Å². The van der Waals surface area contributed by atoms with Gasteiger partial charge in [0, 0.05) is 19.4 Å². The van der Waals surface area contributed by atoms with Crippen LogP contribution in [-0.4, -0.2) is 80.6 Å². The van der Waals surface area contributed by atoms with Gasteiger partial charge in [-0.3, -0.25) is 19.2 Å². The molecule has 5 unspecified atom stereocenters. The van der Waals surface area contributed by atoms with E-state index in [0.29, 0.717) is 24.8 Å². The van der Waals surface area contributed by atoms with Crippen molar-refractivity contribution in [1.82, 2.24) is 15.5 Å². The van der Waals surface area contributed by atoms with Crippen molar-refractivity contribution in [3.05, 3.63) is 29.8 Å². The van der Waals surface area contributed by atoms with Crippen LogP contribution in [0.1, 0.15) is 51.5 Å². The minimum absolute atomic E-state index is 0.0121. The molecular weight excluding hydrogens is 484 g/mol. The first-order chi connectivity index (χ1) is 17.4. The number of hydrogen-bond acceptors (Lipinski definition) is 7. The molecule has 7 N–H and O–H groups in total. The van der Waals surface area contributed by atoms with Crippen molar-refractivity contribution in [2.24, 2.45) is 11.7 Å². The minimum atomic E-state index is -1.24. The summed E-state index contributed by atoms with van der Waals surface area (Å²) in [5.74, 6) is -4.33. The summed E-state index contributed by atoms with van der Waals surface area (Å²) in [5.41, 5.74) is 6.41. The number of nitrogens with zero attached hydrogens (tertiary/aromatic N) is 1. The number of nitrogens with one attached hydrogen (secondary N) is 2. The van der Waals surface area contributed by atoms with Gasteiger partial charge < -0.3 is 36.6 Å². The molecule has 0 bridgehead atoms. The molecule has 1 aliphatic heterocycles. The zero-order valence-electron chi connectivity index (χ0n) is 21.1. The van der Waals surface area contributed by atoms with E-state index in [1.54, 1.807) is 19.1 Å². The number of aliphatic carboxylic acids is 2. The van der Waals surface area contributed by atoms with Gasteiger partial charge in [-0.05, 0) is 42.9 Å². The van der Waals surface area contributed by atoms with Crippen molar-refractivity contribution in [1.29, 1.82) is 0 Å². The zero-order chi connectivity index (χ0) is 27.7. The SMILES string of the molecule is CCC(C)C(NC(=O)C(N)CCC(=O)O)C(=O)N1CCCC1C(=O)NC(Cc1ccc(O)cc1)C(=O)O. The molecule has 0 saturated carbocycles. The van der Waals surface area contributed by atoms with Gasteiger partial charge in [-0.25, -0.2) is 4.79 Å². The van der Waals surface area contributed by atoms with E-state index in [1.807, 2.05) is 6.92 Å². The number of carbonyl (C=O) groups is 5. The highest BCUT2D eigenvalue weighted by Gasteiger charge is 2.40. The number of benzene rings is 1. The number of hydrogen-bond donors (Lipinski definition) is 6. The van der Waals surface area contributed by atoms with Crippen LogP contribution >= 0.6 is 0 Å². The Kier molecular flexibility index (Phi) is 10.9. The number of aromatic hydroxyl groups is 1. The van der Waals surface area contributed by atoms with Crippen LogP contribution in [0.5, 0.6) is 5.75 Å². The molecule has 0 spiro atoms. The summed E-state index contributed by atoms with van der Waals surface area (Å²) in [6, 6.07) is 1.73. The average Bonchev–Trinajstić information content (AvgIpc) is 3.35. The van der Waals surface area contributed by atoms with Gasteiger partial charge in [-0.2, -0.15) is 0 Å². The Labute approximate surface area is 215 Å². The predicted octanol–water partition coefficient (Wildman–Crippen LogP) is 0.218. The highest BCUT2D eigenvalue weighted by atomic mass is 16.4. The summed E-state index contributed by atoms with van der Waals surface area (Å²) in [6.45, 7) is 3.88. The summed E-state index contributed by atoms with van der Waals surface area (Å²) in [5, 5.41) is 33.0. The van der Waals surface area contributed by atoms with Crippen molar-refractivity contribution in [3.8, 4) is 5.75 Å². The van der Waals surface area contributed by atoms with E-state index < -0.39 is 53.8 Å². The molecule has 1 fully saturated rings. The molecule has 1 saturated heterocycles. The molecule has 204 valence electrons. The molecule has 12 heteroatoms. The third-order valence-corrected chi connectivity index (χ3v) is 6.61. The number of phenols is 1. The summed E-state index contributed by atoms with van der Waals surface area (Å²) in [4.78, 5) is 63.1. The van der Waals surface area contributed by atoms with Crippen LogP contribution in [0.25, 0.3) is 0 Å². The average molecular weight is 521 g/mol. The number of carbonyl (C=O) groups excluding carboxylic acids is 3. The first-order valence-corrected chi connectivity index (χ1v) is 12.3. The van der Waals surface area contributed by atoms with Gasteiger partial charge in [0.1, 0.15) is 23.9 Å². The van der Waals surface area contributed by atoms with Crippen LogP contribution in [0.4, 0.5) is 0 Å². The largest absolute Gasteiger partial charge is 0.508 e. The lowest BCUT2D eigenvalue weighted by molar-refractivity contribution is -0.145. The Morgan fingerprint density at radius 1 is 1.11 bits per heavy atom. The van der Waals surface area contributed by atoms with Crippen molar-refractivity contribution < 1.29 is 39.3 Å². The van der Waals surface area contributed by atoms with Gasteiger partial charge in [0.25, 0.3) is 0 Å². The van der Waals surface area contributed by atoms with E-state index in [4.69, 9.17) is 10.8 Å². The second-order valence-electron chi connectivity index (χ2n) is 9.37. The molecule has 5 atom stereocenters. The molecule has 12 nitrogen and oxygen atoms in total. The zero-order valence-corrected chi connectivity index (χ0v) is 21.1. The lowest BCUT2D eigenvalue weighted by atomic mass is 9.96. The van der Waals surface area contributed by atoms with Gasteiger partial charge in [-0.15, -0.1) is 0 Å². The number of likely N-dealkylation sites (tertiary alicyclic amines) is 1. The molecular formula is C25H36N4O8. The molecule has 2 rings (SSSR count). The lowest BCUT2D eigenvalue weighted by Crippen LogP contribution is -2.58. The fourth-order valence-corrected chi connectivity index (χ4v) is 4.17. The van der Waals surface area contributed by atoms with Crippen molar-refractivity contribution in [2.45, 2.75) is 76.5 Å². The Hall–Kier alpha value is -3.67. The molecule has 0 aliphatic carbocycles. The third kappa shape index (κ3) is 8.45. The van der Waals surface area contributed by atoms with Crippen molar-refractivity contribution in [2.75, 3.05) is 6.54 Å². The number of amides is 3. The second kappa shape index (κ2) is 13.6. The molecule has 0 aromatic heterocycles. The van der Waals surface area contributed by atoms with E-state index in [1.165, 1.54) is 17.0 Å². The highest BCUT2D eigenvalue weighted by molar-refractivity contribution is 5.94. The van der Waals surface area contributed by atoms with Crippen molar-refractivity contribution in [3.63, 3.8) is 0 Å². The maximum absolute atomic E-state index is 13.5. The minimum Gasteiger partial charge on any atom is -0.508 e. The van der Waals surface area contributed by atoms with Gasteiger partial charge in [0.15, 0.2) is 0 Å². The topological polar surface area (TPSA) is 199 Å². The van der Waals surface area contributed by atoms with Gasteiger partial charge in [0.2, 0.25) is 17.7 Å². The number of phenolic OH excluding ortho intramolecular Hbond substituents is 1. The van der Waals surface area contributed by atoms with E-state index in [0.717, 1.165) is 0 Å². The third-order valence-electron chi connectivity index (χ3n) is 6.61. The summed E-state index contributed by atoms with van der Waals surface area (Å²) in [7, 11) is 0. The second-order valence-corrected chi connectivity index (χ2v) is 9.37. The molecule has 1 heterocycles. The Morgan fingerprint density at radius 2 is 1.76 bits per heavy atom. The predicted molar refractivity (Wildman–Crippen MR) is 132 cm³/mol. The highest BCUT2D eigenvalue weighted by Crippen LogP contribution is 2.22. The molecule has 0 radical (unpaired) electrons. The fourth-order valence-electron chi connectivity index (χ4n) is 4.17. The number of nitrogens with two attached hydrogens (primary N) is 1. The van der Waals surface area contributed by atoms with Crippen molar-refractivity contribution >= 4 is 29.7 Å². The summed E-state index contributed by atoms with van der Waals surface area (Å²) < 4.78 is 0. The van der Waals surface area contributed by atoms with Crippen LogP contribution in [0, 0.1) is 5.92 Å². The first-order valence-electron chi connectivity index (χ1n) is 12.3. The first kappa shape index (κ1) is 29.6. The molecule has 1 aromatic rings. The van der Waals surface area contributed by atoms with Gasteiger partial charge >= 0.3 is 11.9 Å². The standard InChI is InChI=1S/C25H36N4O8/c1-3-14(2)21(28-22(33)17(26)10-11-20(31)32)24(35)29-12-4-5-19(29)23(34)27-18(25(36)37)13-15-6-8-16(30)9-7-15/h6-9,14,17-19,21,30H,3-5,10-13,26H2,1-2H3,(H,27,34)(H,28,33)(H,31,32)(H,36,37). The van der Waals surface area contributed by atoms with E-state index in [2.05, 4.69) is 10.6 Å². The maximum atomic E-state index is 13.5. The van der Waals surface area contributed by atoms with Crippen LogP contribution < -0.4 is 16.4 Å². The van der Waals surface area contributed by atoms with Crippen LogP contribution in [0.3, 0.4) is 0 Å². The maximum Gasteiger partial charge on any atom is 0.326 e. The smallest absolute Gasteiger partial charge is 0.326 e. The fraction of sp³-hybridized carbons (Fsp3) is 0.560. The quantitative estimate of drug-likeness (QED) is 0.210. The number of carboxylic acids is 2. The van der Waals surface area contributed by atoms with E-state index >= 15 is 0 Å². The number of rotatable bonds is 13. The monoisotopic (exact) mass is 520 g/mol. The Morgan fingerprint density at radius 3 is 2.32 bits per heavy atom. The normalized spacial score (nSPS) is 18.4. The Balaban J connectivity index is 2.12. The van der Waals surface area contributed by atoms with E-state index in [-0.39, 0.29) is 37.5 Å². The van der Waals surface area contributed by atoms with Gasteiger partial charge in [0.05, 0.1) is 6.04 Å². The summed E-state index contributed by atoms with van der Waals surface area (Å²) >= 11 is 0.